The van der Waals surface area contributed by atoms with Crippen molar-refractivity contribution in [1.29, 1.82) is 0 Å². The number of carbonyl (C=O) groups excluding carboxylic acids is 1. The third-order valence-corrected chi connectivity index (χ3v) is 7.78. The summed E-state index contributed by atoms with van der Waals surface area (Å²) >= 11 is 0. The molecule has 1 saturated heterocycles. The standard InChI is InChI=1S/C30H42N2O6/c1-34-26-11-9-22(19-28(26)36-3)13-18-38-25-8-6-5-7-24(25)31-14-16-32(17-15-31)30(33)21-23-10-12-27(35-2)29(20-23)37-4/h9-12,19-20,24-25H,5-8,13-18,21H2,1-4H3/t24-,25-/m1/s1. The molecule has 0 aromatic heterocycles. The first-order valence-electron chi connectivity index (χ1n) is 13.6. The molecule has 1 aliphatic heterocycles. The Bertz CT molecular complexity index is 1050. The highest BCUT2D eigenvalue weighted by Crippen LogP contribution is 2.30. The summed E-state index contributed by atoms with van der Waals surface area (Å²) in [6.07, 6.45) is 6.13. The number of carbonyl (C=O) groups is 1. The lowest BCUT2D eigenvalue weighted by molar-refractivity contribution is -0.133. The topological polar surface area (TPSA) is 69.7 Å². The normalized spacial score (nSPS) is 20.2. The fourth-order valence-corrected chi connectivity index (χ4v) is 5.63. The molecular weight excluding hydrogens is 484 g/mol. The maximum Gasteiger partial charge on any atom is 0.227 e. The van der Waals surface area contributed by atoms with Crippen molar-refractivity contribution in [2.45, 2.75) is 50.7 Å². The Morgan fingerprint density at radius 1 is 0.763 bits per heavy atom. The number of hydrogen-bond donors (Lipinski definition) is 0. The van der Waals surface area contributed by atoms with E-state index in [1.54, 1.807) is 28.4 Å². The fraction of sp³-hybridized carbons (Fsp3) is 0.567. The van der Waals surface area contributed by atoms with Gasteiger partial charge in [0, 0.05) is 32.2 Å². The van der Waals surface area contributed by atoms with E-state index in [4.69, 9.17) is 23.7 Å². The summed E-state index contributed by atoms with van der Waals surface area (Å²) in [5.41, 5.74) is 2.11. The fourth-order valence-electron chi connectivity index (χ4n) is 5.63. The van der Waals surface area contributed by atoms with Crippen LogP contribution in [0.3, 0.4) is 0 Å². The van der Waals surface area contributed by atoms with Gasteiger partial charge in [0.2, 0.25) is 5.91 Å². The van der Waals surface area contributed by atoms with Crippen LogP contribution >= 0.6 is 0 Å². The van der Waals surface area contributed by atoms with Gasteiger partial charge in [-0.15, -0.1) is 0 Å². The van der Waals surface area contributed by atoms with E-state index < -0.39 is 0 Å². The molecule has 2 atom stereocenters. The molecular formula is C30H42N2O6. The SMILES string of the molecule is COc1ccc(CCO[C@@H]2CCCC[C@H]2N2CCN(C(=O)Cc3ccc(OC)c(OC)c3)CC2)cc1OC. The van der Waals surface area contributed by atoms with Gasteiger partial charge >= 0.3 is 0 Å². The highest BCUT2D eigenvalue weighted by molar-refractivity contribution is 5.79. The van der Waals surface area contributed by atoms with E-state index in [0.29, 0.717) is 30.6 Å². The first-order valence-corrected chi connectivity index (χ1v) is 13.6. The van der Waals surface area contributed by atoms with Gasteiger partial charge in [0.15, 0.2) is 23.0 Å². The zero-order valence-corrected chi connectivity index (χ0v) is 23.2. The van der Waals surface area contributed by atoms with Crippen LogP contribution in [-0.4, -0.2) is 89.1 Å². The van der Waals surface area contributed by atoms with Crippen LogP contribution in [0.2, 0.25) is 0 Å². The third kappa shape index (κ3) is 6.91. The lowest BCUT2D eigenvalue weighted by atomic mass is 9.90. The summed E-state index contributed by atoms with van der Waals surface area (Å²) in [6.45, 7) is 3.96. The second kappa shape index (κ2) is 13.7. The smallest absolute Gasteiger partial charge is 0.227 e. The first kappa shape index (κ1) is 28.0. The number of benzene rings is 2. The van der Waals surface area contributed by atoms with Gasteiger partial charge in [-0.1, -0.05) is 25.0 Å². The second-order valence-electron chi connectivity index (χ2n) is 9.98. The first-order chi connectivity index (χ1) is 18.6. The zero-order chi connectivity index (χ0) is 26.9. The van der Waals surface area contributed by atoms with Crippen molar-refractivity contribution < 1.29 is 28.5 Å². The van der Waals surface area contributed by atoms with Gasteiger partial charge in [-0.3, -0.25) is 9.69 Å². The van der Waals surface area contributed by atoms with Crippen LogP contribution in [0.15, 0.2) is 36.4 Å². The molecule has 0 radical (unpaired) electrons. The minimum Gasteiger partial charge on any atom is -0.493 e. The van der Waals surface area contributed by atoms with E-state index in [0.717, 1.165) is 62.5 Å². The van der Waals surface area contributed by atoms with Gasteiger partial charge < -0.3 is 28.6 Å². The molecule has 0 N–H and O–H groups in total. The minimum absolute atomic E-state index is 0.156. The summed E-state index contributed by atoms with van der Waals surface area (Å²) < 4.78 is 27.9. The summed E-state index contributed by atoms with van der Waals surface area (Å²) in [5, 5.41) is 0. The Balaban J connectivity index is 1.27. The monoisotopic (exact) mass is 526 g/mol. The van der Waals surface area contributed by atoms with E-state index in [-0.39, 0.29) is 12.0 Å². The largest absolute Gasteiger partial charge is 0.493 e. The number of amides is 1. The van der Waals surface area contributed by atoms with E-state index >= 15 is 0 Å². The molecule has 0 spiro atoms. The lowest BCUT2D eigenvalue weighted by Gasteiger charge is -2.44. The van der Waals surface area contributed by atoms with Crippen LogP contribution in [0.4, 0.5) is 0 Å². The minimum atomic E-state index is 0.156. The van der Waals surface area contributed by atoms with Gasteiger partial charge in [0.05, 0.1) is 47.6 Å². The Morgan fingerprint density at radius 3 is 1.97 bits per heavy atom. The number of ether oxygens (including phenoxy) is 5. The highest BCUT2D eigenvalue weighted by atomic mass is 16.5. The summed E-state index contributed by atoms with van der Waals surface area (Å²) in [5.74, 6) is 2.97. The van der Waals surface area contributed by atoms with Crippen LogP contribution in [0.25, 0.3) is 0 Å². The number of piperazine rings is 1. The average Bonchev–Trinajstić information content (AvgIpc) is 2.97. The molecule has 4 rings (SSSR count). The molecule has 8 nitrogen and oxygen atoms in total. The van der Waals surface area contributed by atoms with E-state index in [1.807, 2.05) is 35.2 Å². The van der Waals surface area contributed by atoms with Gasteiger partial charge in [-0.2, -0.15) is 0 Å². The van der Waals surface area contributed by atoms with Gasteiger partial charge in [-0.05, 0) is 54.7 Å². The van der Waals surface area contributed by atoms with Crippen LogP contribution < -0.4 is 18.9 Å². The predicted molar refractivity (Wildman–Crippen MR) is 147 cm³/mol. The summed E-state index contributed by atoms with van der Waals surface area (Å²) in [7, 11) is 6.54. The zero-order valence-electron chi connectivity index (χ0n) is 23.2. The number of rotatable bonds is 11. The van der Waals surface area contributed by atoms with Gasteiger partial charge in [0.1, 0.15) is 0 Å². The number of nitrogens with zero attached hydrogens (tertiary/aromatic N) is 2. The Hall–Kier alpha value is -2.97. The molecule has 1 heterocycles. The van der Waals surface area contributed by atoms with Gasteiger partial charge in [0.25, 0.3) is 0 Å². The Kier molecular flexibility index (Phi) is 10.1. The van der Waals surface area contributed by atoms with Crippen LogP contribution in [0.5, 0.6) is 23.0 Å². The second-order valence-corrected chi connectivity index (χ2v) is 9.98. The molecule has 1 aliphatic carbocycles. The highest BCUT2D eigenvalue weighted by Gasteiger charge is 2.33. The lowest BCUT2D eigenvalue weighted by Crippen LogP contribution is -2.56. The molecule has 2 aliphatic rings. The molecule has 2 aromatic carbocycles. The molecule has 0 unspecified atom stereocenters. The average molecular weight is 527 g/mol. The summed E-state index contributed by atoms with van der Waals surface area (Å²) in [4.78, 5) is 17.6. The molecule has 1 amide bonds. The van der Waals surface area contributed by atoms with Crippen molar-refractivity contribution in [1.82, 2.24) is 9.80 Å². The summed E-state index contributed by atoms with van der Waals surface area (Å²) in [6, 6.07) is 12.1. The molecule has 0 bridgehead atoms. The van der Waals surface area contributed by atoms with Crippen molar-refractivity contribution >= 4 is 5.91 Å². The van der Waals surface area contributed by atoms with E-state index in [9.17, 15) is 4.79 Å². The molecule has 8 heteroatoms. The van der Waals surface area contributed by atoms with Crippen molar-refractivity contribution in [3.8, 4) is 23.0 Å². The van der Waals surface area contributed by atoms with Crippen LogP contribution in [-0.2, 0) is 22.4 Å². The maximum absolute atomic E-state index is 13.0. The van der Waals surface area contributed by atoms with Crippen LogP contribution in [0, 0.1) is 0 Å². The Morgan fingerprint density at radius 2 is 1.34 bits per heavy atom. The maximum atomic E-state index is 13.0. The Labute approximate surface area is 226 Å². The van der Waals surface area contributed by atoms with Gasteiger partial charge in [-0.25, -0.2) is 0 Å². The van der Waals surface area contributed by atoms with Crippen molar-refractivity contribution in [3.63, 3.8) is 0 Å². The molecule has 1 saturated carbocycles. The molecule has 38 heavy (non-hydrogen) atoms. The van der Waals surface area contributed by atoms with E-state index in [1.165, 1.54) is 18.4 Å². The third-order valence-electron chi connectivity index (χ3n) is 7.78. The van der Waals surface area contributed by atoms with Crippen molar-refractivity contribution in [2.24, 2.45) is 0 Å². The van der Waals surface area contributed by atoms with Crippen LogP contribution in [0.1, 0.15) is 36.8 Å². The van der Waals surface area contributed by atoms with E-state index in [2.05, 4.69) is 11.0 Å². The molecule has 2 aromatic rings. The molecule has 2 fully saturated rings. The number of hydrogen-bond acceptors (Lipinski definition) is 7. The molecule has 208 valence electrons. The predicted octanol–water partition coefficient (Wildman–Crippen LogP) is 3.98. The quantitative estimate of drug-likeness (QED) is 0.439. The number of methoxy groups -OCH3 is 4. The van der Waals surface area contributed by atoms with Crippen molar-refractivity contribution in [3.05, 3.63) is 47.5 Å². The van der Waals surface area contributed by atoms with Crippen molar-refractivity contribution in [2.75, 3.05) is 61.2 Å².